The summed E-state index contributed by atoms with van der Waals surface area (Å²) in [4.78, 5) is 23.1. The SMILES string of the molecule is CCC/C=C\C/C=C\CCCCCCCC(=O)NC(COP(=O)(O)OCC[N+](C)(C)C)C(O)CCCCCCCCCCCCCCCCCC. The Bertz CT molecular complexity index is 891. The molecular weight excluding hydrogens is 659 g/mol. The summed E-state index contributed by atoms with van der Waals surface area (Å²) >= 11 is 0. The Morgan fingerprint density at radius 3 is 1.69 bits per heavy atom. The molecular formula is C42H84N2O6P+. The zero-order valence-corrected chi connectivity index (χ0v) is 35.0. The van der Waals surface area contributed by atoms with Crippen LogP contribution in [0.3, 0.4) is 0 Å². The molecule has 9 heteroatoms. The second-order valence-electron chi connectivity index (χ2n) is 15.7. The van der Waals surface area contributed by atoms with Crippen molar-refractivity contribution in [2.45, 2.75) is 199 Å². The number of nitrogens with zero attached hydrogens (tertiary/aromatic N) is 1. The number of nitrogens with one attached hydrogen (secondary N) is 1. The second kappa shape index (κ2) is 34.7. The van der Waals surface area contributed by atoms with Crippen molar-refractivity contribution < 1.29 is 32.9 Å². The van der Waals surface area contributed by atoms with Crippen LogP contribution in [0.25, 0.3) is 0 Å². The van der Waals surface area contributed by atoms with E-state index in [1.54, 1.807) is 0 Å². The molecule has 0 rings (SSSR count). The predicted molar refractivity (Wildman–Crippen MR) is 217 cm³/mol. The number of amides is 1. The van der Waals surface area contributed by atoms with E-state index < -0.39 is 20.0 Å². The molecule has 0 radical (unpaired) electrons. The number of unbranched alkanes of at least 4 members (excludes halogenated alkanes) is 21. The molecule has 3 unspecified atom stereocenters. The van der Waals surface area contributed by atoms with E-state index >= 15 is 0 Å². The van der Waals surface area contributed by atoms with Gasteiger partial charge in [-0.25, -0.2) is 4.57 Å². The van der Waals surface area contributed by atoms with Gasteiger partial charge in [0.1, 0.15) is 13.2 Å². The topological polar surface area (TPSA) is 105 Å². The summed E-state index contributed by atoms with van der Waals surface area (Å²) in [6.07, 6.45) is 39.1. The number of carbonyl (C=O) groups is 1. The van der Waals surface area contributed by atoms with Gasteiger partial charge in [-0.15, -0.1) is 0 Å². The number of hydrogen-bond acceptors (Lipinski definition) is 5. The van der Waals surface area contributed by atoms with E-state index in [1.807, 2.05) is 21.1 Å². The summed E-state index contributed by atoms with van der Waals surface area (Å²) in [5.74, 6) is -0.160. The zero-order chi connectivity index (χ0) is 37.9. The van der Waals surface area contributed by atoms with E-state index in [0.717, 1.165) is 70.6 Å². The lowest BCUT2D eigenvalue weighted by molar-refractivity contribution is -0.870. The minimum Gasteiger partial charge on any atom is -0.391 e. The molecule has 0 aliphatic carbocycles. The van der Waals surface area contributed by atoms with Crippen LogP contribution in [0.2, 0.25) is 0 Å². The summed E-state index contributed by atoms with van der Waals surface area (Å²) in [5.41, 5.74) is 0. The van der Waals surface area contributed by atoms with Gasteiger partial charge in [-0.05, 0) is 38.5 Å². The molecule has 0 saturated carbocycles. The van der Waals surface area contributed by atoms with Gasteiger partial charge in [0.15, 0.2) is 0 Å². The van der Waals surface area contributed by atoms with Crippen LogP contribution >= 0.6 is 7.82 Å². The highest BCUT2D eigenvalue weighted by atomic mass is 31.2. The van der Waals surface area contributed by atoms with Crippen molar-refractivity contribution in [1.29, 1.82) is 0 Å². The number of allylic oxidation sites excluding steroid dienone is 4. The van der Waals surface area contributed by atoms with Crippen molar-refractivity contribution in [2.75, 3.05) is 40.9 Å². The van der Waals surface area contributed by atoms with Crippen molar-refractivity contribution in [2.24, 2.45) is 0 Å². The standard InChI is InChI=1S/C42H83N2O6P/c1-6-8-10-12-14-16-18-20-21-22-24-25-27-29-31-33-35-41(45)40(39-50-51(47,48)49-38-37-44(3,4)5)43-42(46)36-34-32-30-28-26-23-19-17-15-13-11-9-7-2/h11,13,17,19,40-41,45H,6-10,12,14-16,18,20-39H2,1-5H3,(H-,43,46,47,48)/p+1/b13-11-,19-17-. The number of aliphatic hydroxyl groups is 1. The molecule has 302 valence electrons. The van der Waals surface area contributed by atoms with E-state index in [0.29, 0.717) is 23.9 Å². The average Bonchev–Trinajstić information content (AvgIpc) is 3.07. The number of hydrogen-bond donors (Lipinski definition) is 3. The monoisotopic (exact) mass is 744 g/mol. The van der Waals surface area contributed by atoms with Crippen molar-refractivity contribution in [3.63, 3.8) is 0 Å². The minimum atomic E-state index is -4.31. The van der Waals surface area contributed by atoms with E-state index in [9.17, 15) is 19.4 Å². The molecule has 0 bridgehead atoms. The van der Waals surface area contributed by atoms with Crippen LogP contribution in [-0.2, 0) is 18.4 Å². The molecule has 3 N–H and O–H groups in total. The number of likely N-dealkylation sites (N-methyl/N-ethyl adjacent to an activating group) is 1. The number of aliphatic hydroxyl groups excluding tert-OH is 1. The minimum absolute atomic E-state index is 0.0722. The van der Waals surface area contributed by atoms with Gasteiger partial charge in [-0.3, -0.25) is 13.8 Å². The van der Waals surface area contributed by atoms with Crippen molar-refractivity contribution in [1.82, 2.24) is 5.32 Å². The lowest BCUT2D eigenvalue weighted by Gasteiger charge is -2.26. The normalized spacial score (nSPS) is 14.7. The first-order valence-electron chi connectivity index (χ1n) is 21.2. The highest BCUT2D eigenvalue weighted by Crippen LogP contribution is 2.43. The fourth-order valence-electron chi connectivity index (χ4n) is 6.02. The van der Waals surface area contributed by atoms with Crippen LogP contribution < -0.4 is 5.32 Å². The molecule has 0 fully saturated rings. The maximum atomic E-state index is 12.8. The molecule has 0 aliphatic heterocycles. The smallest absolute Gasteiger partial charge is 0.391 e. The Morgan fingerprint density at radius 1 is 0.667 bits per heavy atom. The summed E-state index contributed by atoms with van der Waals surface area (Å²) in [6.45, 7) is 4.81. The lowest BCUT2D eigenvalue weighted by atomic mass is 10.0. The Labute approximate surface area is 315 Å². The Kier molecular flexibility index (Phi) is 34.0. The maximum Gasteiger partial charge on any atom is 0.472 e. The largest absolute Gasteiger partial charge is 0.472 e. The van der Waals surface area contributed by atoms with Gasteiger partial charge >= 0.3 is 7.82 Å². The summed E-state index contributed by atoms with van der Waals surface area (Å²) < 4.78 is 23.6. The van der Waals surface area contributed by atoms with Gasteiger partial charge < -0.3 is 19.8 Å². The van der Waals surface area contributed by atoms with E-state index in [1.165, 1.54) is 89.9 Å². The zero-order valence-electron chi connectivity index (χ0n) is 34.1. The molecule has 0 spiro atoms. The van der Waals surface area contributed by atoms with E-state index in [2.05, 4.69) is 43.5 Å². The molecule has 1 amide bonds. The molecule has 0 aromatic rings. The van der Waals surface area contributed by atoms with Crippen molar-refractivity contribution in [3.8, 4) is 0 Å². The molecule has 0 saturated heterocycles. The van der Waals surface area contributed by atoms with E-state index in [-0.39, 0.29) is 19.1 Å². The Morgan fingerprint density at radius 2 is 1.16 bits per heavy atom. The third kappa shape index (κ3) is 37.1. The highest BCUT2D eigenvalue weighted by molar-refractivity contribution is 7.47. The number of quaternary nitrogens is 1. The van der Waals surface area contributed by atoms with Crippen LogP contribution in [0.15, 0.2) is 24.3 Å². The van der Waals surface area contributed by atoms with E-state index in [4.69, 9.17) is 9.05 Å². The third-order valence-corrected chi connectivity index (χ3v) is 10.4. The van der Waals surface area contributed by atoms with Gasteiger partial charge in [0.05, 0.1) is 39.9 Å². The van der Waals surface area contributed by atoms with Crippen LogP contribution in [0.5, 0.6) is 0 Å². The number of carbonyl (C=O) groups excluding carboxylic acids is 1. The summed E-state index contributed by atoms with van der Waals surface area (Å²) in [6, 6.07) is -0.764. The molecule has 0 aromatic carbocycles. The number of rotatable bonds is 38. The van der Waals surface area contributed by atoms with Crippen LogP contribution in [0, 0.1) is 0 Å². The summed E-state index contributed by atoms with van der Waals surface area (Å²) in [7, 11) is 1.60. The first-order valence-corrected chi connectivity index (χ1v) is 22.7. The first kappa shape index (κ1) is 50.0. The Balaban J connectivity index is 4.41. The quantitative estimate of drug-likeness (QED) is 0.0252. The van der Waals surface area contributed by atoms with Crippen molar-refractivity contribution in [3.05, 3.63) is 24.3 Å². The average molecular weight is 744 g/mol. The third-order valence-electron chi connectivity index (χ3n) is 9.43. The number of phosphoric ester groups is 1. The van der Waals surface area contributed by atoms with Crippen molar-refractivity contribution >= 4 is 13.7 Å². The fourth-order valence-corrected chi connectivity index (χ4v) is 6.76. The van der Waals surface area contributed by atoms with Gasteiger partial charge in [0.25, 0.3) is 0 Å². The fraction of sp³-hybridized carbons (Fsp3) is 0.881. The molecule has 8 nitrogen and oxygen atoms in total. The van der Waals surface area contributed by atoms with Crippen LogP contribution in [0.4, 0.5) is 0 Å². The van der Waals surface area contributed by atoms with Gasteiger partial charge in [-0.2, -0.15) is 0 Å². The van der Waals surface area contributed by atoms with Gasteiger partial charge in [-0.1, -0.05) is 167 Å². The molecule has 0 aromatic heterocycles. The molecule has 3 atom stereocenters. The molecule has 0 heterocycles. The van der Waals surface area contributed by atoms with Gasteiger partial charge in [0, 0.05) is 6.42 Å². The van der Waals surface area contributed by atoms with Crippen LogP contribution in [-0.4, -0.2) is 73.4 Å². The molecule has 0 aliphatic rings. The molecule has 51 heavy (non-hydrogen) atoms. The maximum absolute atomic E-state index is 12.8. The van der Waals surface area contributed by atoms with Crippen LogP contribution in [0.1, 0.15) is 187 Å². The highest BCUT2D eigenvalue weighted by Gasteiger charge is 2.28. The predicted octanol–water partition coefficient (Wildman–Crippen LogP) is 11.4. The van der Waals surface area contributed by atoms with Gasteiger partial charge in [0.2, 0.25) is 5.91 Å². The number of phosphoric acid groups is 1. The Hall–Kier alpha value is -1.02. The summed E-state index contributed by atoms with van der Waals surface area (Å²) in [5, 5.41) is 13.9. The lowest BCUT2D eigenvalue weighted by Crippen LogP contribution is -2.46. The second-order valence-corrected chi connectivity index (χ2v) is 17.2. The first-order chi connectivity index (χ1) is 24.5.